The number of carboxylic acid groups (broad SMARTS) is 1. The quantitative estimate of drug-likeness (QED) is 0.291. The molecule has 4 fully saturated rings. The molecule has 5 heterocycles. The molecule has 5 aliphatic rings. The van der Waals surface area contributed by atoms with Crippen LogP contribution in [0.1, 0.15) is 19.3 Å². The van der Waals surface area contributed by atoms with Gasteiger partial charge < -0.3 is 25.4 Å². The Balaban J connectivity index is 1.57. The molecule has 4 saturated heterocycles. The minimum absolute atomic E-state index is 0.0440. The molecule has 0 spiro atoms. The fourth-order valence-corrected chi connectivity index (χ4v) is 6.31. The van der Waals surface area contributed by atoms with Crippen LogP contribution in [0.25, 0.3) is 0 Å². The van der Waals surface area contributed by atoms with Crippen molar-refractivity contribution in [1.29, 1.82) is 0 Å². The van der Waals surface area contributed by atoms with Crippen molar-refractivity contribution < 1.29 is 28.8 Å². The Kier molecular flexibility index (Phi) is 4.22. The first kappa shape index (κ1) is 18.3. The second-order valence-electron chi connectivity index (χ2n) is 7.98. The van der Waals surface area contributed by atoms with E-state index in [1.54, 1.807) is 0 Å². The standard InChI is InChI=1S/C17H22N4O5S/c18-16(26)17-1-4-21(5-2-17,6-3-17)7-10-8-27-14-11(19-9-22)13(23)20(14)12(10)15(24)25/h9,11,14H,1-8H2,(H3-,18,19,22,24,25,26)/t11-,14-,17?,21?/m1/s1. The maximum absolute atomic E-state index is 12.3. The third-order valence-corrected chi connectivity index (χ3v) is 8.07. The van der Waals surface area contributed by atoms with Gasteiger partial charge in [0.15, 0.2) is 0 Å². The van der Waals surface area contributed by atoms with Crippen LogP contribution < -0.4 is 16.2 Å². The number of rotatable bonds is 6. The molecule has 9 nitrogen and oxygen atoms in total. The maximum atomic E-state index is 12.3. The molecule has 3 amide bonds. The lowest BCUT2D eigenvalue weighted by Crippen LogP contribution is -2.71. The van der Waals surface area contributed by atoms with Gasteiger partial charge in [0.25, 0.3) is 5.91 Å². The van der Waals surface area contributed by atoms with Crippen molar-refractivity contribution in [3.8, 4) is 0 Å². The van der Waals surface area contributed by atoms with Crippen molar-refractivity contribution in [2.75, 3.05) is 31.9 Å². The Morgan fingerprint density at radius 3 is 2.48 bits per heavy atom. The van der Waals surface area contributed by atoms with Crippen molar-refractivity contribution in [3.63, 3.8) is 0 Å². The van der Waals surface area contributed by atoms with Gasteiger partial charge in [-0.1, -0.05) is 0 Å². The Morgan fingerprint density at radius 1 is 1.33 bits per heavy atom. The molecule has 2 bridgehead atoms. The first-order chi connectivity index (χ1) is 12.8. The van der Waals surface area contributed by atoms with Gasteiger partial charge in [0.1, 0.15) is 18.0 Å². The predicted octanol–water partition coefficient (Wildman–Crippen LogP) is -2.49. The van der Waals surface area contributed by atoms with Crippen LogP contribution in [0, 0.1) is 5.41 Å². The summed E-state index contributed by atoms with van der Waals surface area (Å²) < 4.78 is 0.727. The van der Waals surface area contributed by atoms with Gasteiger partial charge in [-0.25, -0.2) is 0 Å². The van der Waals surface area contributed by atoms with Crippen LogP contribution >= 0.6 is 11.8 Å². The van der Waals surface area contributed by atoms with Crippen molar-refractivity contribution in [3.05, 3.63) is 11.3 Å². The van der Waals surface area contributed by atoms with E-state index in [1.807, 2.05) is 0 Å². The van der Waals surface area contributed by atoms with E-state index in [0.717, 1.165) is 43.4 Å². The number of aliphatic carboxylic acids is 1. The van der Waals surface area contributed by atoms with Gasteiger partial charge in [0, 0.05) is 30.6 Å². The van der Waals surface area contributed by atoms with E-state index < -0.39 is 28.7 Å². The van der Waals surface area contributed by atoms with Crippen LogP contribution in [-0.4, -0.2) is 76.9 Å². The number of nitrogens with one attached hydrogen (secondary N) is 1. The number of fused-ring (bicyclic) bond motifs is 4. The topological polar surface area (TPSA) is 133 Å². The van der Waals surface area contributed by atoms with Gasteiger partial charge >= 0.3 is 0 Å². The molecule has 3 N–H and O–H groups in total. The molecule has 27 heavy (non-hydrogen) atoms. The van der Waals surface area contributed by atoms with E-state index in [0.29, 0.717) is 24.3 Å². The van der Waals surface area contributed by atoms with Crippen LogP contribution in [0.15, 0.2) is 11.3 Å². The average molecular weight is 394 g/mol. The lowest BCUT2D eigenvalue weighted by atomic mass is 9.70. The Hall–Kier alpha value is -2.07. The van der Waals surface area contributed by atoms with Crippen LogP contribution in [-0.2, 0) is 19.2 Å². The highest BCUT2D eigenvalue weighted by Crippen LogP contribution is 2.46. The molecule has 0 saturated carbocycles. The number of carbonyl (C=O) groups excluding carboxylic acids is 4. The average Bonchev–Trinajstić information content (AvgIpc) is 2.66. The molecule has 146 valence electrons. The number of quaternary nitrogens is 1. The van der Waals surface area contributed by atoms with Gasteiger partial charge in [-0.05, 0) is 0 Å². The highest BCUT2D eigenvalue weighted by molar-refractivity contribution is 8.00. The second-order valence-corrected chi connectivity index (χ2v) is 9.08. The van der Waals surface area contributed by atoms with Gasteiger partial charge in [-0.3, -0.25) is 19.3 Å². The number of β-lactam (4-membered cyclic amide) rings is 1. The molecule has 0 aliphatic carbocycles. The zero-order valence-corrected chi connectivity index (χ0v) is 15.6. The molecule has 2 atom stereocenters. The number of carboxylic acids is 1. The summed E-state index contributed by atoms with van der Waals surface area (Å²) in [5.41, 5.74) is 5.85. The van der Waals surface area contributed by atoms with Gasteiger partial charge in [-0.2, -0.15) is 0 Å². The van der Waals surface area contributed by atoms with E-state index in [2.05, 4.69) is 5.32 Å². The molecule has 0 aromatic rings. The summed E-state index contributed by atoms with van der Waals surface area (Å²) in [4.78, 5) is 47.9. The Labute approximate surface area is 160 Å². The summed E-state index contributed by atoms with van der Waals surface area (Å²) in [7, 11) is 0. The number of hydrogen-bond donors (Lipinski definition) is 2. The number of primary amides is 1. The number of piperidine rings is 3. The molecule has 5 rings (SSSR count). The fourth-order valence-electron chi connectivity index (χ4n) is 4.96. The summed E-state index contributed by atoms with van der Waals surface area (Å²) >= 11 is 1.46. The van der Waals surface area contributed by atoms with E-state index in [1.165, 1.54) is 16.7 Å². The SMILES string of the molecule is NC(=O)C12CC[N+](CC3=C(C(=O)[O-])N4C(=O)[C@@H](NC=O)[C@H]4SC3)(CC1)CC2. The lowest BCUT2D eigenvalue weighted by molar-refractivity contribution is -0.940. The number of nitrogens with zero attached hydrogens (tertiary/aromatic N) is 2. The van der Waals surface area contributed by atoms with Gasteiger partial charge in [-0.15, -0.1) is 11.8 Å². The molecule has 5 aliphatic heterocycles. The largest absolute Gasteiger partial charge is 0.543 e. The molecule has 0 aromatic carbocycles. The molecule has 10 heteroatoms. The van der Waals surface area contributed by atoms with E-state index in [4.69, 9.17) is 5.73 Å². The summed E-state index contributed by atoms with van der Waals surface area (Å²) in [6.45, 7) is 2.88. The zero-order valence-electron chi connectivity index (χ0n) is 14.8. The summed E-state index contributed by atoms with van der Waals surface area (Å²) in [5, 5.41) is 13.9. The normalized spacial score (nSPS) is 37.5. The lowest BCUT2D eigenvalue weighted by Gasteiger charge is -2.55. The summed E-state index contributed by atoms with van der Waals surface area (Å²) in [6.07, 6.45) is 2.63. The second kappa shape index (κ2) is 6.23. The molecular weight excluding hydrogens is 372 g/mol. The first-order valence-electron chi connectivity index (χ1n) is 9.05. The van der Waals surface area contributed by atoms with E-state index in [-0.39, 0.29) is 11.6 Å². The molecule has 0 aromatic heterocycles. The molecule has 0 radical (unpaired) electrons. The van der Waals surface area contributed by atoms with Crippen molar-refractivity contribution in [2.24, 2.45) is 11.1 Å². The highest BCUT2D eigenvalue weighted by atomic mass is 32.2. The number of carbonyl (C=O) groups is 4. The minimum atomic E-state index is -1.35. The third kappa shape index (κ3) is 2.65. The predicted molar refractivity (Wildman–Crippen MR) is 93.3 cm³/mol. The van der Waals surface area contributed by atoms with Crippen molar-refractivity contribution in [2.45, 2.75) is 30.7 Å². The number of thioether (sulfide) groups is 1. The number of amides is 3. The monoisotopic (exact) mass is 394 g/mol. The Bertz CT molecular complexity index is 742. The van der Waals surface area contributed by atoms with Crippen molar-refractivity contribution >= 4 is 36.0 Å². The first-order valence-corrected chi connectivity index (χ1v) is 10.1. The highest BCUT2D eigenvalue weighted by Gasteiger charge is 2.55. The zero-order chi connectivity index (χ0) is 19.4. The van der Waals surface area contributed by atoms with E-state index >= 15 is 0 Å². The van der Waals surface area contributed by atoms with Crippen LogP contribution in [0.5, 0.6) is 0 Å². The maximum Gasteiger partial charge on any atom is 0.253 e. The van der Waals surface area contributed by atoms with E-state index in [9.17, 15) is 24.3 Å². The van der Waals surface area contributed by atoms with Crippen LogP contribution in [0.2, 0.25) is 0 Å². The molecular formula is C17H22N4O5S. The Morgan fingerprint density at radius 2 is 1.96 bits per heavy atom. The number of hydrogen-bond acceptors (Lipinski definition) is 6. The minimum Gasteiger partial charge on any atom is -0.543 e. The van der Waals surface area contributed by atoms with Crippen molar-refractivity contribution in [1.82, 2.24) is 10.2 Å². The van der Waals surface area contributed by atoms with Crippen LogP contribution in [0.4, 0.5) is 0 Å². The fraction of sp³-hybridized carbons (Fsp3) is 0.647. The molecule has 0 unspecified atom stereocenters. The van der Waals surface area contributed by atoms with Gasteiger partial charge in [0.05, 0.1) is 36.7 Å². The smallest absolute Gasteiger partial charge is 0.253 e. The summed E-state index contributed by atoms with van der Waals surface area (Å²) in [6, 6.07) is -0.684. The van der Waals surface area contributed by atoms with Crippen LogP contribution in [0.3, 0.4) is 0 Å². The third-order valence-electron chi connectivity index (χ3n) is 6.73. The summed E-state index contributed by atoms with van der Waals surface area (Å²) in [5.74, 6) is -1.52. The number of nitrogens with two attached hydrogens (primary N) is 1. The van der Waals surface area contributed by atoms with Gasteiger partial charge in [0.2, 0.25) is 12.3 Å².